The third kappa shape index (κ3) is 3.31. The Kier molecular flexibility index (Phi) is 4.50. The number of nitrogens with one attached hydrogen (secondary N) is 1. The van der Waals surface area contributed by atoms with Gasteiger partial charge in [0.25, 0.3) is 5.91 Å². The topological polar surface area (TPSA) is 62.2 Å². The maximum Gasteiger partial charge on any atom is 0.255 e. The van der Waals surface area contributed by atoms with Gasteiger partial charge in [0, 0.05) is 16.8 Å². The summed E-state index contributed by atoms with van der Waals surface area (Å²) in [5.74, 6) is -0.195. The zero-order valence-electron chi connectivity index (χ0n) is 12.6. The number of allylic oxidation sites excluding steroid dienone is 1. The maximum absolute atomic E-state index is 12.4. The lowest BCUT2D eigenvalue weighted by molar-refractivity contribution is 0.0966. The fraction of sp³-hybridized carbons (Fsp3) is 0.111. The maximum atomic E-state index is 12.4. The molecule has 4 nitrogen and oxygen atoms in total. The van der Waals surface area contributed by atoms with Gasteiger partial charge in [0.2, 0.25) is 0 Å². The first-order valence-corrected chi connectivity index (χ1v) is 8.07. The Morgan fingerprint density at radius 1 is 1.17 bits per heavy atom. The summed E-state index contributed by atoms with van der Waals surface area (Å²) in [4.78, 5) is 16.6. The molecule has 0 atom stereocenters. The van der Waals surface area contributed by atoms with Crippen LogP contribution in [0.4, 0.5) is 0 Å². The van der Waals surface area contributed by atoms with Gasteiger partial charge in [0.05, 0.1) is 22.3 Å². The molecule has 1 amide bonds. The van der Waals surface area contributed by atoms with Crippen LogP contribution in [0, 0.1) is 0 Å². The van der Waals surface area contributed by atoms with Crippen LogP contribution in [-0.4, -0.2) is 22.6 Å². The van der Waals surface area contributed by atoms with Crippen LogP contribution in [0.5, 0.6) is 0 Å². The Hall–Kier alpha value is -2.50. The minimum absolute atomic E-state index is 0.135. The van der Waals surface area contributed by atoms with Crippen LogP contribution >= 0.6 is 11.3 Å². The first-order valence-electron chi connectivity index (χ1n) is 7.19. The van der Waals surface area contributed by atoms with Crippen LogP contribution in [0.1, 0.15) is 22.8 Å². The molecule has 3 rings (SSSR count). The monoisotopic (exact) mass is 324 g/mol. The molecule has 1 aromatic heterocycles. The van der Waals surface area contributed by atoms with Gasteiger partial charge in [-0.3, -0.25) is 4.79 Å². The van der Waals surface area contributed by atoms with Crippen molar-refractivity contribution in [3.05, 3.63) is 70.9 Å². The molecule has 0 aliphatic carbocycles. The highest BCUT2D eigenvalue weighted by molar-refractivity contribution is 7.16. The number of nitrogens with zero attached hydrogens (tertiary/aromatic N) is 1. The molecular formula is C18H16N2O2S. The lowest BCUT2D eigenvalue weighted by Crippen LogP contribution is -2.23. The summed E-state index contributed by atoms with van der Waals surface area (Å²) < 4.78 is 0.977. The van der Waals surface area contributed by atoms with E-state index >= 15 is 0 Å². The summed E-state index contributed by atoms with van der Waals surface area (Å²) in [5, 5.41) is 12.5. The number of carbonyl (C=O) groups excluding carboxylic acids is 1. The van der Waals surface area contributed by atoms with Crippen LogP contribution in [0.2, 0.25) is 0 Å². The van der Waals surface area contributed by atoms with E-state index in [4.69, 9.17) is 0 Å². The standard InChI is InChI=1S/C18H16N2O2S/c1-12(15(10-21)13-5-3-2-4-6-13)20-18(22)14-7-8-16-17(9-14)23-11-19-16/h2-9,11,21H,10H2,1H3,(H,20,22)/b15-12-. The molecule has 0 aliphatic heterocycles. The summed E-state index contributed by atoms with van der Waals surface area (Å²) in [6, 6.07) is 15.0. The van der Waals surface area contributed by atoms with E-state index in [0.717, 1.165) is 15.8 Å². The number of fused-ring (bicyclic) bond motifs is 1. The van der Waals surface area contributed by atoms with Crippen molar-refractivity contribution in [1.82, 2.24) is 10.3 Å². The predicted molar refractivity (Wildman–Crippen MR) is 93.2 cm³/mol. The van der Waals surface area contributed by atoms with Crippen molar-refractivity contribution in [3.63, 3.8) is 0 Å². The van der Waals surface area contributed by atoms with Gasteiger partial charge in [-0.1, -0.05) is 30.3 Å². The Labute approximate surface area is 138 Å². The number of benzene rings is 2. The molecule has 0 radical (unpaired) electrons. The van der Waals surface area contributed by atoms with Gasteiger partial charge >= 0.3 is 0 Å². The molecule has 116 valence electrons. The number of aliphatic hydroxyl groups excluding tert-OH is 1. The summed E-state index contributed by atoms with van der Waals surface area (Å²) in [7, 11) is 0. The SMILES string of the molecule is C/C(NC(=O)c1ccc2ncsc2c1)=C(\CO)c1ccccc1. The Balaban J connectivity index is 1.86. The number of amides is 1. The van der Waals surface area contributed by atoms with E-state index in [2.05, 4.69) is 10.3 Å². The van der Waals surface area contributed by atoms with Crippen molar-refractivity contribution >= 4 is 33.0 Å². The molecule has 3 aromatic rings. The third-order valence-corrected chi connectivity index (χ3v) is 4.42. The Bertz CT molecular complexity index is 869. The van der Waals surface area contributed by atoms with Crippen LogP contribution in [0.3, 0.4) is 0 Å². The molecule has 0 saturated carbocycles. The van der Waals surface area contributed by atoms with Crippen LogP contribution in [0.15, 0.2) is 59.7 Å². The van der Waals surface area contributed by atoms with Gasteiger partial charge in [-0.05, 0) is 30.7 Å². The summed E-state index contributed by atoms with van der Waals surface area (Å²) in [5.41, 5.74) is 5.47. The van der Waals surface area contributed by atoms with Crippen LogP contribution in [-0.2, 0) is 0 Å². The van der Waals surface area contributed by atoms with Crippen LogP contribution < -0.4 is 5.32 Å². The first-order chi connectivity index (χ1) is 11.2. The van der Waals surface area contributed by atoms with E-state index in [1.807, 2.05) is 42.5 Å². The smallest absolute Gasteiger partial charge is 0.255 e. The zero-order chi connectivity index (χ0) is 16.2. The summed E-state index contributed by atoms with van der Waals surface area (Å²) in [6.07, 6.45) is 0. The first kappa shape index (κ1) is 15.4. The molecule has 0 saturated heterocycles. The fourth-order valence-electron chi connectivity index (χ4n) is 2.38. The Morgan fingerprint density at radius 2 is 1.96 bits per heavy atom. The molecule has 0 fully saturated rings. The van der Waals surface area contributed by atoms with E-state index in [0.29, 0.717) is 16.8 Å². The zero-order valence-corrected chi connectivity index (χ0v) is 13.4. The van der Waals surface area contributed by atoms with Gasteiger partial charge in [0.1, 0.15) is 0 Å². The number of aromatic nitrogens is 1. The van der Waals surface area contributed by atoms with Crippen molar-refractivity contribution in [2.45, 2.75) is 6.92 Å². The second-order valence-corrected chi connectivity index (χ2v) is 6.00. The highest BCUT2D eigenvalue weighted by Crippen LogP contribution is 2.20. The van der Waals surface area contributed by atoms with E-state index in [-0.39, 0.29) is 12.5 Å². The summed E-state index contributed by atoms with van der Waals surface area (Å²) in [6.45, 7) is 1.66. The lowest BCUT2D eigenvalue weighted by Gasteiger charge is -2.12. The van der Waals surface area contributed by atoms with Crippen molar-refractivity contribution in [3.8, 4) is 0 Å². The molecule has 1 heterocycles. The minimum atomic E-state index is -0.195. The fourth-order valence-corrected chi connectivity index (χ4v) is 3.10. The third-order valence-electron chi connectivity index (χ3n) is 3.63. The normalized spacial score (nSPS) is 12.1. The predicted octanol–water partition coefficient (Wildman–Crippen LogP) is 3.45. The highest BCUT2D eigenvalue weighted by atomic mass is 32.1. The van der Waals surface area contributed by atoms with E-state index in [1.54, 1.807) is 18.5 Å². The minimum Gasteiger partial charge on any atom is -0.392 e. The highest BCUT2D eigenvalue weighted by Gasteiger charge is 2.11. The lowest BCUT2D eigenvalue weighted by atomic mass is 10.0. The quantitative estimate of drug-likeness (QED) is 0.772. The molecule has 2 N–H and O–H groups in total. The van der Waals surface area contributed by atoms with E-state index < -0.39 is 0 Å². The molecular weight excluding hydrogens is 308 g/mol. The number of thiazole rings is 1. The molecule has 0 unspecified atom stereocenters. The Morgan fingerprint density at radius 3 is 2.70 bits per heavy atom. The van der Waals surface area contributed by atoms with Crippen molar-refractivity contribution < 1.29 is 9.90 Å². The van der Waals surface area contributed by atoms with E-state index in [1.165, 1.54) is 11.3 Å². The second kappa shape index (κ2) is 6.73. The molecule has 5 heteroatoms. The average Bonchev–Trinajstić information content (AvgIpc) is 3.04. The van der Waals surface area contributed by atoms with Crippen molar-refractivity contribution in [2.24, 2.45) is 0 Å². The van der Waals surface area contributed by atoms with Gasteiger partial charge in [-0.2, -0.15) is 0 Å². The summed E-state index contributed by atoms with van der Waals surface area (Å²) >= 11 is 1.50. The van der Waals surface area contributed by atoms with Gasteiger partial charge in [0.15, 0.2) is 0 Å². The van der Waals surface area contributed by atoms with Gasteiger partial charge < -0.3 is 10.4 Å². The number of hydrogen-bond donors (Lipinski definition) is 2. The number of carbonyl (C=O) groups is 1. The van der Waals surface area contributed by atoms with Gasteiger partial charge in [-0.25, -0.2) is 4.98 Å². The molecule has 0 spiro atoms. The van der Waals surface area contributed by atoms with Crippen molar-refractivity contribution in [2.75, 3.05) is 6.61 Å². The van der Waals surface area contributed by atoms with E-state index in [9.17, 15) is 9.90 Å². The molecule has 2 aromatic carbocycles. The largest absolute Gasteiger partial charge is 0.392 e. The number of rotatable bonds is 4. The number of aliphatic hydroxyl groups is 1. The van der Waals surface area contributed by atoms with Crippen molar-refractivity contribution in [1.29, 1.82) is 0 Å². The molecule has 0 aliphatic rings. The molecule has 23 heavy (non-hydrogen) atoms. The van der Waals surface area contributed by atoms with Crippen LogP contribution in [0.25, 0.3) is 15.8 Å². The van der Waals surface area contributed by atoms with Gasteiger partial charge in [-0.15, -0.1) is 11.3 Å². The average molecular weight is 324 g/mol. The second-order valence-electron chi connectivity index (χ2n) is 5.12. The molecule has 0 bridgehead atoms. The number of hydrogen-bond acceptors (Lipinski definition) is 4.